The molecule has 0 spiro atoms. The molecule has 0 unspecified atom stereocenters. The van der Waals surface area contributed by atoms with Gasteiger partial charge in [0.25, 0.3) is 0 Å². The van der Waals surface area contributed by atoms with Crippen molar-refractivity contribution in [2.24, 2.45) is 0 Å². The Morgan fingerprint density at radius 3 is 2.45 bits per heavy atom. The van der Waals surface area contributed by atoms with E-state index in [1.807, 2.05) is 0 Å². The van der Waals surface area contributed by atoms with Gasteiger partial charge in [0.1, 0.15) is 0 Å². The summed E-state index contributed by atoms with van der Waals surface area (Å²) in [6, 6.07) is 6.12. The lowest BCUT2D eigenvalue weighted by molar-refractivity contribution is -0.114. The molecule has 106 valence electrons. The lowest BCUT2D eigenvalue weighted by Gasteiger charge is -2.01. The monoisotopic (exact) mass is 295 g/mol. The number of aromatic nitrogens is 2. The molecule has 0 bridgehead atoms. The highest BCUT2D eigenvalue weighted by atomic mass is 32.2. The molecule has 0 atom stereocenters. The maximum absolute atomic E-state index is 11.7. The standard InChI is InChI=1S/C12H13N3O4S/c1-3-20(17,18)10-6-4-9(5-7-10)11-14-15-12(19-11)13-8(2)16/h4-7H,3H2,1-2H3,(H,13,15,16). The van der Waals surface area contributed by atoms with Crippen LogP contribution in [0.3, 0.4) is 0 Å². The fraction of sp³-hybridized carbons (Fsp3) is 0.250. The third-order valence-corrected chi connectivity index (χ3v) is 4.30. The van der Waals surface area contributed by atoms with Crippen molar-refractivity contribution < 1.29 is 17.6 Å². The first kappa shape index (κ1) is 14.2. The summed E-state index contributed by atoms with van der Waals surface area (Å²) in [5.74, 6) is -0.0710. The van der Waals surface area contributed by atoms with Gasteiger partial charge in [0, 0.05) is 12.5 Å². The SMILES string of the molecule is CCS(=O)(=O)c1ccc(-c2nnc(NC(C)=O)o2)cc1. The average Bonchev–Trinajstić information content (AvgIpc) is 2.86. The summed E-state index contributed by atoms with van der Waals surface area (Å²) >= 11 is 0. The van der Waals surface area contributed by atoms with Gasteiger partial charge in [0.15, 0.2) is 9.84 Å². The van der Waals surface area contributed by atoms with Crippen molar-refractivity contribution in [3.8, 4) is 11.5 Å². The first-order chi connectivity index (χ1) is 9.42. The zero-order chi connectivity index (χ0) is 14.8. The van der Waals surface area contributed by atoms with Crippen LogP contribution in [0.4, 0.5) is 6.01 Å². The number of sulfone groups is 1. The van der Waals surface area contributed by atoms with E-state index < -0.39 is 9.84 Å². The number of rotatable bonds is 4. The van der Waals surface area contributed by atoms with Crippen LogP contribution < -0.4 is 5.32 Å². The van der Waals surface area contributed by atoms with E-state index in [-0.39, 0.29) is 28.5 Å². The molecule has 0 aliphatic carbocycles. The zero-order valence-electron chi connectivity index (χ0n) is 11.0. The van der Waals surface area contributed by atoms with Gasteiger partial charge in [-0.25, -0.2) is 8.42 Å². The minimum atomic E-state index is -3.23. The molecular formula is C12H13N3O4S. The Bertz CT molecular complexity index is 719. The third kappa shape index (κ3) is 3.02. The summed E-state index contributed by atoms with van der Waals surface area (Å²) in [6.45, 7) is 2.91. The summed E-state index contributed by atoms with van der Waals surface area (Å²) in [6.07, 6.45) is 0. The summed E-state index contributed by atoms with van der Waals surface area (Å²) in [5.41, 5.74) is 0.573. The van der Waals surface area contributed by atoms with Gasteiger partial charge < -0.3 is 4.42 Å². The van der Waals surface area contributed by atoms with E-state index in [4.69, 9.17) is 4.42 Å². The highest BCUT2D eigenvalue weighted by Gasteiger charge is 2.13. The molecule has 2 rings (SSSR count). The zero-order valence-corrected chi connectivity index (χ0v) is 11.8. The van der Waals surface area contributed by atoms with Crippen LogP contribution in [0, 0.1) is 0 Å². The van der Waals surface area contributed by atoms with Gasteiger partial charge in [-0.1, -0.05) is 12.0 Å². The Labute approximate surface area is 115 Å². The second kappa shape index (κ2) is 5.41. The number of amides is 1. The second-order valence-electron chi connectivity index (χ2n) is 4.02. The molecule has 0 saturated heterocycles. The molecule has 1 N–H and O–H groups in total. The summed E-state index contributed by atoms with van der Waals surface area (Å²) < 4.78 is 28.6. The predicted molar refractivity (Wildman–Crippen MR) is 71.8 cm³/mol. The third-order valence-electron chi connectivity index (χ3n) is 2.55. The number of anilines is 1. The Morgan fingerprint density at radius 2 is 1.90 bits per heavy atom. The number of carbonyl (C=O) groups excluding carboxylic acids is 1. The van der Waals surface area contributed by atoms with E-state index in [9.17, 15) is 13.2 Å². The van der Waals surface area contributed by atoms with Crippen molar-refractivity contribution in [3.63, 3.8) is 0 Å². The largest absolute Gasteiger partial charge is 0.403 e. The van der Waals surface area contributed by atoms with Gasteiger partial charge in [0.2, 0.25) is 11.8 Å². The molecule has 7 nitrogen and oxygen atoms in total. The number of carbonyl (C=O) groups is 1. The van der Waals surface area contributed by atoms with Gasteiger partial charge in [-0.3, -0.25) is 10.1 Å². The van der Waals surface area contributed by atoms with Crippen LogP contribution in [0.2, 0.25) is 0 Å². The Morgan fingerprint density at radius 1 is 1.25 bits per heavy atom. The Hall–Kier alpha value is -2.22. The number of hydrogen-bond donors (Lipinski definition) is 1. The normalized spacial score (nSPS) is 11.3. The van der Waals surface area contributed by atoms with Crippen LogP contribution in [0.25, 0.3) is 11.5 Å². The van der Waals surface area contributed by atoms with Crippen LogP contribution in [0.5, 0.6) is 0 Å². The van der Waals surface area contributed by atoms with Gasteiger partial charge in [-0.15, -0.1) is 5.10 Å². The second-order valence-corrected chi connectivity index (χ2v) is 6.30. The van der Waals surface area contributed by atoms with Crippen molar-refractivity contribution in [1.82, 2.24) is 10.2 Å². The van der Waals surface area contributed by atoms with Crippen LogP contribution >= 0.6 is 0 Å². The number of nitrogens with one attached hydrogen (secondary N) is 1. The molecule has 1 aromatic heterocycles. The molecule has 8 heteroatoms. The first-order valence-corrected chi connectivity index (χ1v) is 7.52. The molecule has 0 radical (unpaired) electrons. The predicted octanol–water partition coefficient (Wildman–Crippen LogP) is 1.49. The van der Waals surface area contributed by atoms with Gasteiger partial charge >= 0.3 is 6.01 Å². The van der Waals surface area contributed by atoms with Crippen molar-refractivity contribution >= 4 is 21.8 Å². The maximum atomic E-state index is 11.7. The molecule has 0 aliphatic heterocycles. The van der Waals surface area contributed by atoms with Crippen molar-refractivity contribution in [3.05, 3.63) is 24.3 Å². The fourth-order valence-electron chi connectivity index (χ4n) is 1.51. The van der Waals surface area contributed by atoms with E-state index in [1.54, 1.807) is 19.1 Å². The molecule has 0 aliphatic rings. The van der Waals surface area contributed by atoms with E-state index >= 15 is 0 Å². The van der Waals surface area contributed by atoms with Gasteiger partial charge in [-0.2, -0.15) is 0 Å². The molecule has 0 fully saturated rings. The Kier molecular flexibility index (Phi) is 3.84. The molecule has 1 aromatic carbocycles. The van der Waals surface area contributed by atoms with E-state index in [0.29, 0.717) is 5.56 Å². The molecular weight excluding hydrogens is 282 g/mol. The molecule has 0 saturated carbocycles. The summed E-state index contributed by atoms with van der Waals surface area (Å²) in [4.78, 5) is 11.1. The summed E-state index contributed by atoms with van der Waals surface area (Å²) in [7, 11) is -3.23. The van der Waals surface area contributed by atoms with Crippen molar-refractivity contribution in [2.75, 3.05) is 11.1 Å². The molecule has 1 heterocycles. The van der Waals surface area contributed by atoms with Crippen LogP contribution in [0.15, 0.2) is 33.6 Å². The van der Waals surface area contributed by atoms with Crippen molar-refractivity contribution in [1.29, 1.82) is 0 Å². The highest BCUT2D eigenvalue weighted by molar-refractivity contribution is 7.91. The smallest absolute Gasteiger partial charge is 0.322 e. The minimum Gasteiger partial charge on any atom is -0.403 e. The molecule has 2 aromatic rings. The average molecular weight is 295 g/mol. The maximum Gasteiger partial charge on any atom is 0.322 e. The molecule has 20 heavy (non-hydrogen) atoms. The number of nitrogens with zero attached hydrogens (tertiary/aromatic N) is 2. The van der Waals surface area contributed by atoms with Gasteiger partial charge in [-0.05, 0) is 24.3 Å². The lowest BCUT2D eigenvalue weighted by atomic mass is 10.2. The number of hydrogen-bond acceptors (Lipinski definition) is 6. The van der Waals surface area contributed by atoms with Crippen LogP contribution in [-0.2, 0) is 14.6 Å². The number of benzene rings is 1. The minimum absolute atomic E-state index is 0.00208. The summed E-state index contributed by atoms with van der Waals surface area (Å²) in [5, 5.41) is 9.79. The van der Waals surface area contributed by atoms with Crippen LogP contribution in [0.1, 0.15) is 13.8 Å². The topological polar surface area (TPSA) is 102 Å². The first-order valence-electron chi connectivity index (χ1n) is 5.86. The van der Waals surface area contributed by atoms with E-state index in [0.717, 1.165) is 0 Å². The van der Waals surface area contributed by atoms with Gasteiger partial charge in [0.05, 0.1) is 10.6 Å². The van der Waals surface area contributed by atoms with Crippen LogP contribution in [-0.4, -0.2) is 30.3 Å². The quantitative estimate of drug-likeness (QED) is 0.916. The lowest BCUT2D eigenvalue weighted by Crippen LogP contribution is -2.05. The van der Waals surface area contributed by atoms with E-state index in [1.165, 1.54) is 19.1 Å². The highest BCUT2D eigenvalue weighted by Crippen LogP contribution is 2.22. The molecule has 1 amide bonds. The van der Waals surface area contributed by atoms with E-state index in [2.05, 4.69) is 15.5 Å². The fourth-order valence-corrected chi connectivity index (χ4v) is 2.40. The van der Waals surface area contributed by atoms with Crippen molar-refractivity contribution in [2.45, 2.75) is 18.7 Å². The Balaban J connectivity index is 2.26.